The van der Waals surface area contributed by atoms with Gasteiger partial charge < -0.3 is 0 Å². The first kappa shape index (κ1) is 9.96. The Morgan fingerprint density at radius 2 is 1.82 bits per heavy atom. The van der Waals surface area contributed by atoms with Crippen molar-refractivity contribution in [3.63, 3.8) is 0 Å². The van der Waals surface area contributed by atoms with Gasteiger partial charge in [-0.2, -0.15) is 5.10 Å². The van der Waals surface area contributed by atoms with E-state index < -0.39 is 0 Å². The molecular formula is C13H10FN3. The number of hydrogen-bond donors (Lipinski definition) is 1. The van der Waals surface area contributed by atoms with Crippen LogP contribution < -0.4 is 0 Å². The number of nitrogens with one attached hydrogen (secondary N) is 1. The summed E-state index contributed by atoms with van der Waals surface area (Å²) in [6.07, 6.45) is 0. The van der Waals surface area contributed by atoms with E-state index in [2.05, 4.69) is 15.2 Å². The molecule has 0 radical (unpaired) electrons. The minimum absolute atomic E-state index is 0.225. The molecule has 0 saturated carbocycles. The molecular weight excluding hydrogens is 217 g/mol. The summed E-state index contributed by atoms with van der Waals surface area (Å²) in [6, 6.07) is 10.5. The van der Waals surface area contributed by atoms with Gasteiger partial charge in [0.05, 0.1) is 0 Å². The molecule has 17 heavy (non-hydrogen) atoms. The molecule has 1 aromatic heterocycles. The Labute approximate surface area is 97.3 Å². The second kappa shape index (κ2) is 3.66. The smallest absolute Gasteiger partial charge is 0.181 e. The molecule has 0 spiro atoms. The van der Waals surface area contributed by atoms with Gasteiger partial charge in [0.15, 0.2) is 5.82 Å². The molecule has 3 rings (SSSR count). The summed E-state index contributed by atoms with van der Waals surface area (Å²) in [5.74, 6) is 1.11. The maximum Gasteiger partial charge on any atom is 0.181 e. The molecule has 4 heteroatoms. The zero-order valence-corrected chi connectivity index (χ0v) is 9.24. The summed E-state index contributed by atoms with van der Waals surface area (Å²) in [4.78, 5) is 4.27. The van der Waals surface area contributed by atoms with Crippen LogP contribution in [0.2, 0.25) is 0 Å². The van der Waals surface area contributed by atoms with Crippen molar-refractivity contribution < 1.29 is 4.39 Å². The van der Waals surface area contributed by atoms with Gasteiger partial charge in [-0.25, -0.2) is 9.37 Å². The molecule has 0 bridgehead atoms. The van der Waals surface area contributed by atoms with Crippen LogP contribution in [0, 0.1) is 12.7 Å². The third-order valence-electron chi connectivity index (χ3n) is 2.71. The molecule has 0 fully saturated rings. The van der Waals surface area contributed by atoms with Crippen LogP contribution in [0.4, 0.5) is 4.39 Å². The van der Waals surface area contributed by atoms with Crippen LogP contribution in [0.1, 0.15) is 5.82 Å². The van der Waals surface area contributed by atoms with Crippen LogP contribution in [0.25, 0.3) is 22.2 Å². The van der Waals surface area contributed by atoms with Crippen LogP contribution in [0.15, 0.2) is 36.4 Å². The summed E-state index contributed by atoms with van der Waals surface area (Å²) in [6.45, 7) is 1.84. The standard InChI is InChI=1S/C13H10FN3/c1-8-15-13(17-16-8)11-6-7-12(14)10-5-3-2-4-9(10)11/h2-7H,1H3,(H,15,16,17). The molecule has 0 saturated heterocycles. The van der Waals surface area contributed by atoms with Crippen molar-refractivity contribution in [3.8, 4) is 11.4 Å². The van der Waals surface area contributed by atoms with Gasteiger partial charge in [0, 0.05) is 10.9 Å². The SMILES string of the molecule is Cc1nc(-c2ccc(F)c3ccccc23)n[nH]1. The van der Waals surface area contributed by atoms with Crippen LogP contribution in [0.3, 0.4) is 0 Å². The fourth-order valence-electron chi connectivity index (χ4n) is 1.92. The van der Waals surface area contributed by atoms with E-state index in [4.69, 9.17) is 0 Å². The summed E-state index contributed by atoms with van der Waals surface area (Å²) < 4.78 is 13.6. The van der Waals surface area contributed by atoms with E-state index >= 15 is 0 Å². The molecule has 84 valence electrons. The minimum atomic E-state index is -0.225. The van der Waals surface area contributed by atoms with Crippen LogP contribution >= 0.6 is 0 Å². The number of nitrogens with zero attached hydrogens (tertiary/aromatic N) is 2. The van der Waals surface area contributed by atoms with E-state index in [1.807, 2.05) is 25.1 Å². The van der Waals surface area contributed by atoms with Crippen LogP contribution in [-0.2, 0) is 0 Å². The Morgan fingerprint density at radius 3 is 2.53 bits per heavy atom. The number of H-pyrrole nitrogens is 1. The lowest BCUT2D eigenvalue weighted by atomic mass is 10.0. The first-order valence-electron chi connectivity index (χ1n) is 5.32. The lowest BCUT2D eigenvalue weighted by Crippen LogP contribution is -1.86. The molecule has 3 aromatic rings. The molecule has 1 heterocycles. The quantitative estimate of drug-likeness (QED) is 0.694. The number of halogens is 1. The van der Waals surface area contributed by atoms with Gasteiger partial charge in [0.25, 0.3) is 0 Å². The number of aromatic amines is 1. The maximum absolute atomic E-state index is 13.6. The maximum atomic E-state index is 13.6. The van der Waals surface area contributed by atoms with Crippen molar-refractivity contribution in [2.24, 2.45) is 0 Å². The Bertz CT molecular complexity index is 688. The van der Waals surface area contributed by atoms with E-state index in [1.165, 1.54) is 6.07 Å². The van der Waals surface area contributed by atoms with E-state index in [1.54, 1.807) is 12.1 Å². The molecule has 0 aliphatic heterocycles. The predicted molar refractivity (Wildman–Crippen MR) is 64.0 cm³/mol. The van der Waals surface area contributed by atoms with Crippen LogP contribution in [-0.4, -0.2) is 15.2 Å². The highest BCUT2D eigenvalue weighted by molar-refractivity contribution is 5.95. The van der Waals surface area contributed by atoms with Crippen molar-refractivity contribution >= 4 is 10.8 Å². The largest absolute Gasteiger partial charge is 0.263 e. The van der Waals surface area contributed by atoms with Crippen LogP contribution in [0.5, 0.6) is 0 Å². The van der Waals surface area contributed by atoms with Gasteiger partial charge in [0.1, 0.15) is 11.6 Å². The van der Waals surface area contributed by atoms with E-state index in [-0.39, 0.29) is 5.82 Å². The van der Waals surface area contributed by atoms with Crippen molar-refractivity contribution in [2.45, 2.75) is 6.92 Å². The van der Waals surface area contributed by atoms with Gasteiger partial charge in [-0.3, -0.25) is 5.10 Å². The van der Waals surface area contributed by atoms with Crippen molar-refractivity contribution in [1.82, 2.24) is 15.2 Å². The molecule has 2 aromatic carbocycles. The molecule has 0 atom stereocenters. The first-order chi connectivity index (χ1) is 8.25. The normalized spacial score (nSPS) is 10.9. The zero-order chi connectivity index (χ0) is 11.8. The number of fused-ring (bicyclic) bond motifs is 1. The Hall–Kier alpha value is -2.23. The molecule has 0 aliphatic carbocycles. The Balaban J connectivity index is 2.34. The molecule has 1 N–H and O–H groups in total. The first-order valence-corrected chi connectivity index (χ1v) is 5.32. The molecule has 0 unspecified atom stereocenters. The second-order valence-corrected chi connectivity index (χ2v) is 3.88. The van der Waals surface area contributed by atoms with Crippen molar-refractivity contribution in [3.05, 3.63) is 48.0 Å². The third-order valence-corrected chi connectivity index (χ3v) is 2.71. The summed E-state index contributed by atoms with van der Waals surface area (Å²) in [7, 11) is 0. The Kier molecular flexibility index (Phi) is 2.14. The zero-order valence-electron chi connectivity index (χ0n) is 9.24. The monoisotopic (exact) mass is 227 g/mol. The number of aromatic nitrogens is 3. The van der Waals surface area contributed by atoms with E-state index in [9.17, 15) is 4.39 Å². The average Bonchev–Trinajstić information content (AvgIpc) is 2.77. The highest BCUT2D eigenvalue weighted by Crippen LogP contribution is 2.27. The summed E-state index contributed by atoms with van der Waals surface area (Å²) in [5, 5.41) is 8.31. The van der Waals surface area contributed by atoms with Gasteiger partial charge in [-0.1, -0.05) is 24.3 Å². The van der Waals surface area contributed by atoms with E-state index in [0.717, 1.165) is 16.8 Å². The van der Waals surface area contributed by atoms with Crippen molar-refractivity contribution in [1.29, 1.82) is 0 Å². The number of benzene rings is 2. The summed E-state index contributed by atoms with van der Waals surface area (Å²) >= 11 is 0. The van der Waals surface area contributed by atoms with Gasteiger partial charge in [-0.05, 0) is 24.4 Å². The molecule has 3 nitrogen and oxygen atoms in total. The summed E-state index contributed by atoms with van der Waals surface area (Å²) in [5.41, 5.74) is 0.839. The van der Waals surface area contributed by atoms with Gasteiger partial charge in [0.2, 0.25) is 0 Å². The average molecular weight is 227 g/mol. The Morgan fingerprint density at radius 1 is 1.06 bits per heavy atom. The number of hydrogen-bond acceptors (Lipinski definition) is 2. The predicted octanol–water partition coefficient (Wildman–Crippen LogP) is 3.07. The highest BCUT2D eigenvalue weighted by Gasteiger charge is 2.10. The van der Waals surface area contributed by atoms with Crippen molar-refractivity contribution in [2.75, 3.05) is 0 Å². The number of aryl methyl sites for hydroxylation is 1. The lowest BCUT2D eigenvalue weighted by Gasteiger charge is -2.03. The fraction of sp³-hybridized carbons (Fsp3) is 0.0769. The topological polar surface area (TPSA) is 41.6 Å². The van der Waals surface area contributed by atoms with Gasteiger partial charge in [-0.15, -0.1) is 0 Å². The second-order valence-electron chi connectivity index (χ2n) is 3.88. The van der Waals surface area contributed by atoms with Gasteiger partial charge >= 0.3 is 0 Å². The minimum Gasteiger partial charge on any atom is -0.263 e. The fourth-order valence-corrected chi connectivity index (χ4v) is 1.92. The lowest BCUT2D eigenvalue weighted by molar-refractivity contribution is 0.640. The van der Waals surface area contributed by atoms with E-state index in [0.29, 0.717) is 11.2 Å². The molecule has 0 amide bonds. The highest BCUT2D eigenvalue weighted by atomic mass is 19.1. The molecule has 0 aliphatic rings. The number of rotatable bonds is 1. The third kappa shape index (κ3) is 1.58.